The van der Waals surface area contributed by atoms with E-state index in [0.717, 1.165) is 31.4 Å². The van der Waals surface area contributed by atoms with Gasteiger partial charge in [0, 0.05) is 18.0 Å². The Morgan fingerprint density at radius 3 is 3.45 bits per heavy atom. The highest BCUT2D eigenvalue weighted by molar-refractivity contribution is 5.16. The second-order valence-electron chi connectivity index (χ2n) is 3.13. The van der Waals surface area contributed by atoms with Crippen LogP contribution in [0.3, 0.4) is 0 Å². The molecule has 1 heterocycles. The Kier molecular flexibility index (Phi) is 1.66. The molecule has 0 aliphatic heterocycles. The van der Waals surface area contributed by atoms with Crippen LogP contribution in [0.4, 0.5) is 0 Å². The average Bonchev–Trinajstić information content (AvgIpc) is 2.31. The van der Waals surface area contributed by atoms with Crippen LogP contribution in [0.15, 0.2) is 10.7 Å². The predicted octanol–water partition coefficient (Wildman–Crippen LogP) is 0.881. The summed E-state index contributed by atoms with van der Waals surface area (Å²) in [6.45, 7) is 0. The standard InChI is InChI=1S/C8H12N2O/c9-7-3-1-2-6-5-10-11-8(6)4-7/h5,7H,1-4,9H2/t7-/m1/s1. The molecule has 0 bridgehead atoms. The number of hydrogen-bond acceptors (Lipinski definition) is 3. The Morgan fingerprint density at radius 2 is 2.55 bits per heavy atom. The molecule has 1 aromatic heterocycles. The van der Waals surface area contributed by atoms with Crippen LogP contribution in [0.2, 0.25) is 0 Å². The monoisotopic (exact) mass is 152 g/mol. The van der Waals surface area contributed by atoms with Crippen molar-refractivity contribution in [2.45, 2.75) is 31.7 Å². The normalized spacial score (nSPS) is 24.3. The van der Waals surface area contributed by atoms with E-state index in [1.165, 1.54) is 5.56 Å². The van der Waals surface area contributed by atoms with E-state index >= 15 is 0 Å². The van der Waals surface area contributed by atoms with Crippen molar-refractivity contribution in [2.24, 2.45) is 5.73 Å². The fraction of sp³-hybridized carbons (Fsp3) is 0.625. The Labute approximate surface area is 65.6 Å². The molecule has 3 nitrogen and oxygen atoms in total. The van der Waals surface area contributed by atoms with Gasteiger partial charge in [-0.1, -0.05) is 5.16 Å². The van der Waals surface area contributed by atoms with Crippen LogP contribution >= 0.6 is 0 Å². The molecule has 1 atom stereocenters. The third kappa shape index (κ3) is 1.28. The molecule has 1 aliphatic carbocycles. The minimum atomic E-state index is 0.268. The number of aromatic nitrogens is 1. The highest BCUT2D eigenvalue weighted by atomic mass is 16.5. The van der Waals surface area contributed by atoms with E-state index in [0.29, 0.717) is 0 Å². The van der Waals surface area contributed by atoms with Crippen LogP contribution in [-0.4, -0.2) is 11.2 Å². The quantitative estimate of drug-likeness (QED) is 0.561. The van der Waals surface area contributed by atoms with E-state index in [9.17, 15) is 0 Å². The van der Waals surface area contributed by atoms with Gasteiger partial charge in [0.05, 0.1) is 6.20 Å². The summed E-state index contributed by atoms with van der Waals surface area (Å²) in [6.07, 6.45) is 6.01. The number of fused-ring (bicyclic) bond motifs is 1. The zero-order valence-electron chi connectivity index (χ0n) is 6.42. The van der Waals surface area contributed by atoms with Gasteiger partial charge in [-0.15, -0.1) is 0 Å². The second kappa shape index (κ2) is 2.66. The van der Waals surface area contributed by atoms with Gasteiger partial charge < -0.3 is 10.3 Å². The summed E-state index contributed by atoms with van der Waals surface area (Å²) in [7, 11) is 0. The molecule has 2 rings (SSSR count). The van der Waals surface area contributed by atoms with Gasteiger partial charge in [0.25, 0.3) is 0 Å². The van der Waals surface area contributed by atoms with E-state index in [1.807, 2.05) is 6.20 Å². The van der Waals surface area contributed by atoms with Crippen molar-refractivity contribution in [1.82, 2.24) is 5.16 Å². The largest absolute Gasteiger partial charge is 0.361 e. The van der Waals surface area contributed by atoms with Gasteiger partial charge in [-0.25, -0.2) is 0 Å². The van der Waals surface area contributed by atoms with Crippen LogP contribution < -0.4 is 5.73 Å². The maximum atomic E-state index is 5.82. The highest BCUT2D eigenvalue weighted by Crippen LogP contribution is 2.18. The first-order chi connectivity index (χ1) is 5.36. The molecule has 1 aromatic rings. The molecule has 1 aliphatic rings. The lowest BCUT2D eigenvalue weighted by Gasteiger charge is -2.03. The van der Waals surface area contributed by atoms with Gasteiger partial charge in [0.15, 0.2) is 0 Å². The lowest BCUT2D eigenvalue weighted by molar-refractivity contribution is 0.373. The maximum Gasteiger partial charge on any atom is 0.141 e. The molecular formula is C8H12N2O. The lowest BCUT2D eigenvalue weighted by Crippen LogP contribution is -2.21. The summed E-state index contributed by atoms with van der Waals surface area (Å²) in [5, 5.41) is 3.75. The van der Waals surface area contributed by atoms with Gasteiger partial charge in [-0.05, 0) is 19.3 Å². The zero-order chi connectivity index (χ0) is 7.68. The number of aryl methyl sites for hydroxylation is 1. The van der Waals surface area contributed by atoms with Crippen molar-refractivity contribution in [2.75, 3.05) is 0 Å². The van der Waals surface area contributed by atoms with Crippen molar-refractivity contribution < 1.29 is 4.52 Å². The van der Waals surface area contributed by atoms with E-state index in [1.54, 1.807) is 0 Å². The van der Waals surface area contributed by atoms with E-state index < -0.39 is 0 Å². The smallest absolute Gasteiger partial charge is 0.141 e. The van der Waals surface area contributed by atoms with Crippen molar-refractivity contribution in [3.8, 4) is 0 Å². The highest BCUT2D eigenvalue weighted by Gasteiger charge is 2.16. The van der Waals surface area contributed by atoms with Crippen molar-refractivity contribution in [3.63, 3.8) is 0 Å². The van der Waals surface area contributed by atoms with Crippen molar-refractivity contribution in [1.29, 1.82) is 0 Å². The SMILES string of the molecule is N[C@@H]1CCCc2cnoc2C1. The lowest BCUT2D eigenvalue weighted by atomic mass is 10.1. The van der Waals surface area contributed by atoms with Gasteiger partial charge in [0.2, 0.25) is 0 Å². The fourth-order valence-electron chi connectivity index (χ4n) is 1.55. The summed E-state index contributed by atoms with van der Waals surface area (Å²) in [4.78, 5) is 0. The van der Waals surface area contributed by atoms with Gasteiger partial charge in [-0.3, -0.25) is 0 Å². The maximum absolute atomic E-state index is 5.82. The Bertz CT molecular complexity index is 244. The summed E-state index contributed by atoms with van der Waals surface area (Å²) < 4.78 is 5.08. The Hall–Kier alpha value is -0.830. The third-order valence-corrected chi connectivity index (χ3v) is 2.20. The molecule has 0 amide bonds. The molecule has 0 fully saturated rings. The van der Waals surface area contributed by atoms with Crippen LogP contribution in [0.5, 0.6) is 0 Å². The van der Waals surface area contributed by atoms with Crippen LogP contribution in [0.25, 0.3) is 0 Å². The van der Waals surface area contributed by atoms with Crippen LogP contribution in [-0.2, 0) is 12.8 Å². The van der Waals surface area contributed by atoms with Gasteiger partial charge >= 0.3 is 0 Å². The molecule has 2 N–H and O–H groups in total. The second-order valence-corrected chi connectivity index (χ2v) is 3.13. The van der Waals surface area contributed by atoms with E-state index in [2.05, 4.69) is 5.16 Å². The summed E-state index contributed by atoms with van der Waals surface area (Å²) in [5.41, 5.74) is 7.07. The minimum Gasteiger partial charge on any atom is -0.361 e. The van der Waals surface area contributed by atoms with Crippen molar-refractivity contribution in [3.05, 3.63) is 17.5 Å². The van der Waals surface area contributed by atoms with E-state index in [4.69, 9.17) is 10.3 Å². The number of nitrogens with two attached hydrogens (primary N) is 1. The molecular weight excluding hydrogens is 140 g/mol. The summed E-state index contributed by atoms with van der Waals surface area (Å²) in [5.74, 6) is 0.995. The summed E-state index contributed by atoms with van der Waals surface area (Å²) >= 11 is 0. The average molecular weight is 152 g/mol. The molecule has 0 aromatic carbocycles. The first-order valence-electron chi connectivity index (χ1n) is 4.04. The number of hydrogen-bond donors (Lipinski definition) is 1. The zero-order valence-corrected chi connectivity index (χ0v) is 6.42. The minimum absolute atomic E-state index is 0.268. The van der Waals surface area contributed by atoms with Crippen LogP contribution in [0.1, 0.15) is 24.2 Å². The van der Waals surface area contributed by atoms with E-state index in [-0.39, 0.29) is 6.04 Å². The Balaban J connectivity index is 2.26. The first-order valence-corrected chi connectivity index (χ1v) is 4.04. The Morgan fingerprint density at radius 1 is 1.64 bits per heavy atom. The molecule has 0 unspecified atom stereocenters. The molecule has 60 valence electrons. The molecule has 3 heteroatoms. The summed E-state index contributed by atoms with van der Waals surface area (Å²) in [6, 6.07) is 0.268. The molecule has 0 radical (unpaired) electrons. The fourth-order valence-corrected chi connectivity index (χ4v) is 1.55. The predicted molar refractivity (Wildman–Crippen MR) is 41.1 cm³/mol. The van der Waals surface area contributed by atoms with Gasteiger partial charge in [-0.2, -0.15) is 0 Å². The van der Waals surface area contributed by atoms with Crippen molar-refractivity contribution >= 4 is 0 Å². The first kappa shape index (κ1) is 6.85. The molecule has 0 saturated carbocycles. The topological polar surface area (TPSA) is 52.0 Å². The van der Waals surface area contributed by atoms with Crippen LogP contribution in [0, 0.1) is 0 Å². The third-order valence-electron chi connectivity index (χ3n) is 2.20. The molecule has 0 saturated heterocycles. The molecule has 0 spiro atoms. The number of rotatable bonds is 0. The van der Waals surface area contributed by atoms with Gasteiger partial charge in [0.1, 0.15) is 5.76 Å². The number of nitrogens with zero attached hydrogens (tertiary/aromatic N) is 1. The molecule has 11 heavy (non-hydrogen) atoms.